The topological polar surface area (TPSA) is 106 Å². The predicted molar refractivity (Wildman–Crippen MR) is 38.2 cm³/mol. The minimum absolute atomic E-state index is 0.147. The van der Waals surface area contributed by atoms with E-state index in [9.17, 15) is 14.4 Å². The predicted octanol–water partition coefficient (Wildman–Crippen LogP) is -2.24. The average molecular weight is 171 g/mol. The summed E-state index contributed by atoms with van der Waals surface area (Å²) < 4.78 is 0. The molecule has 66 valence electrons. The molecule has 1 aliphatic heterocycles. The van der Waals surface area contributed by atoms with E-state index in [2.05, 4.69) is 0 Å². The zero-order valence-corrected chi connectivity index (χ0v) is 6.32. The highest BCUT2D eigenvalue weighted by Crippen LogP contribution is 2.16. The first kappa shape index (κ1) is 8.82. The number of Topliss-reactive ketones (excluding diaryl/α,β-unsaturated/α-hetero) is 1. The van der Waals surface area contributed by atoms with Crippen molar-refractivity contribution in [1.29, 1.82) is 0 Å². The molecule has 1 aliphatic rings. The largest absolute Gasteiger partial charge is 0.324 e. The first-order valence-electron chi connectivity index (χ1n) is 3.42. The van der Waals surface area contributed by atoms with Crippen LogP contribution >= 0.6 is 0 Å². The Balaban J connectivity index is 2.78. The molecule has 0 aromatic carbocycles. The maximum atomic E-state index is 11.0. The summed E-state index contributed by atoms with van der Waals surface area (Å²) in [6.07, 6.45) is -0.147. The monoisotopic (exact) mass is 171 g/mol. The van der Waals surface area contributed by atoms with Crippen LogP contribution in [0, 0.1) is 5.92 Å². The standard InChI is InChI=1S/C6H9N3O3/c7-2-4(10)3-1-5(11)9(8)6(3)12/h3H,1-2,7-8H2. The van der Waals surface area contributed by atoms with Gasteiger partial charge in [-0.15, -0.1) is 0 Å². The fourth-order valence-electron chi connectivity index (χ4n) is 1.04. The van der Waals surface area contributed by atoms with Gasteiger partial charge in [0.25, 0.3) is 5.91 Å². The van der Waals surface area contributed by atoms with Crippen LogP contribution in [0.5, 0.6) is 0 Å². The number of hydrogen-bond acceptors (Lipinski definition) is 5. The number of carbonyl (C=O) groups excluding carboxylic acids is 3. The minimum Gasteiger partial charge on any atom is -0.324 e. The molecule has 6 nitrogen and oxygen atoms in total. The Labute approximate surface area is 68.5 Å². The van der Waals surface area contributed by atoms with Gasteiger partial charge in [-0.2, -0.15) is 0 Å². The van der Waals surface area contributed by atoms with Gasteiger partial charge in [0.2, 0.25) is 5.91 Å². The third-order valence-electron chi connectivity index (χ3n) is 1.77. The molecule has 0 aromatic rings. The summed E-state index contributed by atoms with van der Waals surface area (Å²) in [7, 11) is 0. The molecule has 0 bridgehead atoms. The number of amides is 2. The summed E-state index contributed by atoms with van der Waals surface area (Å²) in [6.45, 7) is -0.239. The highest BCUT2D eigenvalue weighted by atomic mass is 16.2. The molecule has 1 saturated heterocycles. The number of ketones is 1. The summed E-state index contributed by atoms with van der Waals surface area (Å²) in [5, 5.41) is 0.470. The van der Waals surface area contributed by atoms with Crippen LogP contribution in [0.2, 0.25) is 0 Å². The molecule has 0 spiro atoms. The Morgan fingerprint density at radius 2 is 2.17 bits per heavy atom. The molecule has 0 aromatic heterocycles. The first-order chi connectivity index (χ1) is 5.57. The van der Waals surface area contributed by atoms with Crippen LogP contribution in [0.15, 0.2) is 0 Å². The smallest absolute Gasteiger partial charge is 0.254 e. The van der Waals surface area contributed by atoms with E-state index in [1.54, 1.807) is 0 Å². The molecule has 1 unspecified atom stereocenters. The van der Waals surface area contributed by atoms with Crippen molar-refractivity contribution in [2.75, 3.05) is 6.54 Å². The van der Waals surface area contributed by atoms with Crippen LogP contribution in [-0.4, -0.2) is 29.2 Å². The van der Waals surface area contributed by atoms with Crippen LogP contribution in [0.1, 0.15) is 6.42 Å². The number of nitrogens with two attached hydrogens (primary N) is 2. The van der Waals surface area contributed by atoms with Crippen molar-refractivity contribution in [3.63, 3.8) is 0 Å². The van der Waals surface area contributed by atoms with Gasteiger partial charge in [-0.1, -0.05) is 0 Å². The van der Waals surface area contributed by atoms with E-state index in [1.165, 1.54) is 0 Å². The zero-order valence-electron chi connectivity index (χ0n) is 6.32. The number of rotatable bonds is 2. The Bertz CT molecular complexity index is 250. The number of hydrazine groups is 1. The van der Waals surface area contributed by atoms with E-state index in [0.717, 1.165) is 0 Å². The molecule has 1 rings (SSSR count). The Morgan fingerprint density at radius 3 is 2.50 bits per heavy atom. The second-order valence-electron chi connectivity index (χ2n) is 2.53. The SMILES string of the molecule is NCC(=O)C1CC(=O)N(N)C1=O. The maximum absolute atomic E-state index is 11.0. The minimum atomic E-state index is -0.951. The third-order valence-corrected chi connectivity index (χ3v) is 1.77. The summed E-state index contributed by atoms with van der Waals surface area (Å²) in [5.41, 5.74) is 5.03. The van der Waals surface area contributed by atoms with E-state index in [1.807, 2.05) is 0 Å². The molecule has 0 aliphatic carbocycles. The second-order valence-corrected chi connectivity index (χ2v) is 2.53. The molecular weight excluding hydrogens is 162 g/mol. The molecular formula is C6H9N3O3. The molecule has 12 heavy (non-hydrogen) atoms. The number of imide groups is 1. The lowest BCUT2D eigenvalue weighted by Crippen LogP contribution is -2.39. The lowest BCUT2D eigenvalue weighted by molar-refractivity contribution is -0.140. The second kappa shape index (κ2) is 3.00. The first-order valence-corrected chi connectivity index (χ1v) is 3.42. The van der Waals surface area contributed by atoms with Gasteiger partial charge in [-0.3, -0.25) is 14.4 Å². The van der Waals surface area contributed by atoms with Gasteiger partial charge in [-0.05, 0) is 0 Å². The van der Waals surface area contributed by atoms with E-state index >= 15 is 0 Å². The van der Waals surface area contributed by atoms with Crippen molar-refractivity contribution in [1.82, 2.24) is 5.01 Å². The maximum Gasteiger partial charge on any atom is 0.254 e. The van der Waals surface area contributed by atoms with E-state index in [0.29, 0.717) is 5.01 Å². The van der Waals surface area contributed by atoms with Crippen molar-refractivity contribution in [3.05, 3.63) is 0 Å². The molecule has 1 atom stereocenters. The van der Waals surface area contributed by atoms with Gasteiger partial charge >= 0.3 is 0 Å². The van der Waals surface area contributed by atoms with Gasteiger partial charge in [0.15, 0.2) is 5.78 Å². The fraction of sp³-hybridized carbons (Fsp3) is 0.500. The van der Waals surface area contributed by atoms with Crippen molar-refractivity contribution >= 4 is 17.6 Å². The Hall–Kier alpha value is -1.27. The third kappa shape index (κ3) is 1.21. The Morgan fingerprint density at radius 1 is 1.58 bits per heavy atom. The summed E-state index contributed by atoms with van der Waals surface area (Å²) in [5.74, 6) is 2.46. The number of hydrogen-bond donors (Lipinski definition) is 2. The molecule has 1 fully saturated rings. The summed E-state index contributed by atoms with van der Waals surface area (Å²) in [4.78, 5) is 32.8. The molecule has 0 radical (unpaired) electrons. The van der Waals surface area contributed by atoms with E-state index < -0.39 is 23.5 Å². The zero-order chi connectivity index (χ0) is 9.30. The van der Waals surface area contributed by atoms with Gasteiger partial charge in [0.05, 0.1) is 6.54 Å². The van der Waals surface area contributed by atoms with E-state index in [-0.39, 0.29) is 13.0 Å². The van der Waals surface area contributed by atoms with Crippen molar-refractivity contribution < 1.29 is 14.4 Å². The van der Waals surface area contributed by atoms with Crippen molar-refractivity contribution in [3.8, 4) is 0 Å². The van der Waals surface area contributed by atoms with Gasteiger partial charge in [-0.25, -0.2) is 10.9 Å². The summed E-state index contributed by atoms with van der Waals surface area (Å²) in [6, 6.07) is 0. The molecule has 2 amide bonds. The van der Waals surface area contributed by atoms with Crippen LogP contribution in [0.25, 0.3) is 0 Å². The quantitative estimate of drug-likeness (QED) is 0.211. The number of nitrogens with zero attached hydrogens (tertiary/aromatic N) is 1. The van der Waals surface area contributed by atoms with Crippen molar-refractivity contribution in [2.24, 2.45) is 17.5 Å². The number of carbonyl (C=O) groups is 3. The molecule has 4 N–H and O–H groups in total. The van der Waals surface area contributed by atoms with Crippen LogP contribution in [0.3, 0.4) is 0 Å². The lowest BCUT2D eigenvalue weighted by Gasteiger charge is -2.05. The highest BCUT2D eigenvalue weighted by Gasteiger charge is 2.40. The lowest BCUT2D eigenvalue weighted by atomic mass is 10.0. The fourth-order valence-corrected chi connectivity index (χ4v) is 1.04. The van der Waals surface area contributed by atoms with Crippen molar-refractivity contribution in [2.45, 2.75) is 6.42 Å². The van der Waals surface area contributed by atoms with Gasteiger partial charge < -0.3 is 5.73 Å². The molecule has 1 heterocycles. The highest BCUT2D eigenvalue weighted by molar-refractivity contribution is 6.14. The molecule has 6 heteroatoms. The van der Waals surface area contributed by atoms with E-state index in [4.69, 9.17) is 11.6 Å². The van der Waals surface area contributed by atoms with Gasteiger partial charge in [0, 0.05) is 6.42 Å². The van der Waals surface area contributed by atoms with Crippen LogP contribution < -0.4 is 11.6 Å². The Kier molecular flexibility index (Phi) is 2.20. The van der Waals surface area contributed by atoms with Crippen LogP contribution in [0.4, 0.5) is 0 Å². The normalized spacial score (nSPS) is 23.5. The average Bonchev–Trinajstić information content (AvgIpc) is 2.32. The summed E-state index contributed by atoms with van der Waals surface area (Å²) >= 11 is 0. The molecule has 0 saturated carbocycles. The van der Waals surface area contributed by atoms with Gasteiger partial charge in [0.1, 0.15) is 5.92 Å². The van der Waals surface area contributed by atoms with Crippen LogP contribution in [-0.2, 0) is 14.4 Å².